The average molecular weight is 286 g/mol. The Balaban J connectivity index is 3.09. The summed E-state index contributed by atoms with van der Waals surface area (Å²) in [5, 5.41) is 3.01. The van der Waals surface area contributed by atoms with E-state index in [4.69, 9.17) is 4.74 Å². The summed E-state index contributed by atoms with van der Waals surface area (Å²) < 4.78 is 6.02. The van der Waals surface area contributed by atoms with Gasteiger partial charge in [-0.2, -0.15) is 0 Å². The van der Waals surface area contributed by atoms with E-state index in [1.165, 1.54) is 0 Å². The molecule has 0 spiro atoms. The monoisotopic (exact) mass is 285 g/mol. The van der Waals surface area contributed by atoms with Crippen molar-refractivity contribution in [3.8, 4) is 0 Å². The zero-order chi connectivity index (χ0) is 12.2. The molecule has 0 fully saturated rings. The van der Waals surface area contributed by atoms with E-state index in [-0.39, 0.29) is 5.97 Å². The maximum Gasteiger partial charge on any atom is 0.330 e. The quantitative estimate of drug-likeness (QED) is 0.864. The summed E-state index contributed by atoms with van der Waals surface area (Å²) in [6.45, 7) is 3.99. The van der Waals surface area contributed by atoms with E-state index < -0.39 is 5.54 Å². The van der Waals surface area contributed by atoms with Crippen LogP contribution in [-0.4, -0.2) is 19.6 Å². The average Bonchev–Trinajstić information content (AvgIpc) is 2.28. The zero-order valence-corrected chi connectivity index (χ0v) is 11.3. The number of hydrogen-bond acceptors (Lipinski definition) is 3. The molecule has 0 radical (unpaired) electrons. The highest BCUT2D eigenvalue weighted by molar-refractivity contribution is 9.10. The second-order valence-corrected chi connectivity index (χ2v) is 4.52. The summed E-state index contributed by atoms with van der Waals surface area (Å²) in [6, 6.07) is 7.63. The Hall–Kier alpha value is -0.870. The van der Waals surface area contributed by atoms with E-state index in [1.807, 2.05) is 31.2 Å². The Morgan fingerprint density at radius 1 is 1.56 bits per heavy atom. The van der Waals surface area contributed by atoms with Gasteiger partial charge < -0.3 is 10.1 Å². The minimum absolute atomic E-state index is 0.268. The normalized spacial score (nSPS) is 14.2. The molecule has 0 saturated carbocycles. The van der Waals surface area contributed by atoms with Crippen LogP contribution in [0.4, 0.5) is 0 Å². The third-order valence-electron chi connectivity index (χ3n) is 2.59. The van der Waals surface area contributed by atoms with Crippen molar-refractivity contribution < 1.29 is 9.53 Å². The molecule has 0 saturated heterocycles. The molecular formula is C12H16BrNO2. The molecule has 1 N–H and O–H groups in total. The van der Waals surface area contributed by atoms with Crippen LogP contribution in [0.3, 0.4) is 0 Å². The predicted molar refractivity (Wildman–Crippen MR) is 67.2 cm³/mol. The zero-order valence-electron chi connectivity index (χ0n) is 9.71. The van der Waals surface area contributed by atoms with Gasteiger partial charge in [0.25, 0.3) is 0 Å². The van der Waals surface area contributed by atoms with Crippen LogP contribution in [0.15, 0.2) is 28.7 Å². The van der Waals surface area contributed by atoms with Crippen molar-refractivity contribution in [2.45, 2.75) is 19.4 Å². The molecule has 1 aromatic rings. The first-order chi connectivity index (χ1) is 7.54. The molecule has 0 aliphatic rings. The van der Waals surface area contributed by atoms with Crippen molar-refractivity contribution in [1.82, 2.24) is 5.32 Å². The topological polar surface area (TPSA) is 38.3 Å². The van der Waals surface area contributed by atoms with E-state index in [1.54, 1.807) is 14.0 Å². The molecule has 0 aliphatic heterocycles. The Morgan fingerprint density at radius 2 is 2.25 bits per heavy atom. The number of esters is 1. The van der Waals surface area contributed by atoms with Crippen molar-refractivity contribution in [2.75, 3.05) is 13.7 Å². The molecule has 0 aliphatic carbocycles. The SMILES string of the molecule is CCOC(=O)C(C)(NC)c1cccc(Br)c1. The minimum atomic E-state index is -0.806. The van der Waals surface area contributed by atoms with Crippen LogP contribution < -0.4 is 5.32 Å². The fraction of sp³-hybridized carbons (Fsp3) is 0.417. The number of likely N-dealkylation sites (N-methyl/N-ethyl adjacent to an activating group) is 1. The number of ether oxygens (including phenoxy) is 1. The van der Waals surface area contributed by atoms with Crippen LogP contribution in [0.5, 0.6) is 0 Å². The minimum Gasteiger partial charge on any atom is -0.464 e. The summed E-state index contributed by atoms with van der Waals surface area (Å²) in [6.07, 6.45) is 0. The third kappa shape index (κ3) is 2.62. The van der Waals surface area contributed by atoms with Gasteiger partial charge in [-0.15, -0.1) is 0 Å². The van der Waals surface area contributed by atoms with Crippen LogP contribution in [0.1, 0.15) is 19.4 Å². The number of carbonyl (C=O) groups excluding carboxylic acids is 1. The van der Waals surface area contributed by atoms with Crippen LogP contribution in [-0.2, 0) is 15.1 Å². The first-order valence-electron chi connectivity index (χ1n) is 5.16. The molecular weight excluding hydrogens is 270 g/mol. The number of hydrogen-bond donors (Lipinski definition) is 1. The van der Waals surface area contributed by atoms with Crippen molar-refractivity contribution in [3.63, 3.8) is 0 Å². The summed E-state index contributed by atoms with van der Waals surface area (Å²) in [7, 11) is 1.75. The summed E-state index contributed by atoms with van der Waals surface area (Å²) >= 11 is 3.39. The van der Waals surface area contributed by atoms with Gasteiger partial charge in [0.05, 0.1) is 6.61 Å². The lowest BCUT2D eigenvalue weighted by Gasteiger charge is -2.27. The molecule has 0 bridgehead atoms. The molecule has 1 aromatic carbocycles. The molecule has 1 atom stereocenters. The van der Waals surface area contributed by atoms with Gasteiger partial charge in [0.1, 0.15) is 5.54 Å². The first kappa shape index (κ1) is 13.2. The molecule has 4 heteroatoms. The summed E-state index contributed by atoms with van der Waals surface area (Å²) in [4.78, 5) is 11.9. The fourth-order valence-electron chi connectivity index (χ4n) is 1.44. The largest absolute Gasteiger partial charge is 0.464 e. The van der Waals surface area contributed by atoms with Gasteiger partial charge in [-0.05, 0) is 38.6 Å². The van der Waals surface area contributed by atoms with Crippen molar-refractivity contribution >= 4 is 21.9 Å². The molecule has 88 valence electrons. The van der Waals surface area contributed by atoms with Crippen molar-refractivity contribution in [3.05, 3.63) is 34.3 Å². The van der Waals surface area contributed by atoms with Gasteiger partial charge in [-0.1, -0.05) is 28.1 Å². The van der Waals surface area contributed by atoms with E-state index in [0.29, 0.717) is 6.61 Å². The molecule has 1 rings (SSSR count). The fourth-order valence-corrected chi connectivity index (χ4v) is 1.84. The highest BCUT2D eigenvalue weighted by Gasteiger charge is 2.35. The molecule has 16 heavy (non-hydrogen) atoms. The standard InChI is InChI=1S/C12H16BrNO2/c1-4-16-11(15)12(2,14-3)9-6-5-7-10(13)8-9/h5-8,14H,4H2,1-3H3. The predicted octanol–water partition coefficient (Wildman–Crippen LogP) is 2.45. The molecule has 1 unspecified atom stereocenters. The molecule has 0 heterocycles. The first-order valence-corrected chi connectivity index (χ1v) is 5.96. The van der Waals surface area contributed by atoms with Crippen LogP contribution in [0.25, 0.3) is 0 Å². The second-order valence-electron chi connectivity index (χ2n) is 3.61. The summed E-state index contributed by atoms with van der Waals surface area (Å²) in [5.41, 5.74) is 0.0719. The maximum atomic E-state index is 11.9. The van der Waals surface area contributed by atoms with E-state index in [2.05, 4.69) is 21.2 Å². The van der Waals surface area contributed by atoms with Gasteiger partial charge in [0, 0.05) is 4.47 Å². The van der Waals surface area contributed by atoms with Gasteiger partial charge in [0.15, 0.2) is 0 Å². The number of benzene rings is 1. The lowest BCUT2D eigenvalue weighted by molar-refractivity contribution is -0.150. The van der Waals surface area contributed by atoms with Crippen LogP contribution in [0, 0.1) is 0 Å². The van der Waals surface area contributed by atoms with Crippen molar-refractivity contribution in [2.24, 2.45) is 0 Å². The lowest BCUT2D eigenvalue weighted by atomic mass is 9.92. The molecule has 0 amide bonds. The van der Waals surface area contributed by atoms with E-state index in [0.717, 1.165) is 10.0 Å². The Bertz CT molecular complexity index is 381. The highest BCUT2D eigenvalue weighted by Crippen LogP contribution is 2.24. The third-order valence-corrected chi connectivity index (χ3v) is 3.08. The van der Waals surface area contributed by atoms with Crippen LogP contribution in [0.2, 0.25) is 0 Å². The number of carbonyl (C=O) groups is 1. The Labute approximate surface area is 104 Å². The number of rotatable bonds is 4. The maximum absolute atomic E-state index is 11.9. The summed E-state index contributed by atoms with van der Waals surface area (Å²) in [5.74, 6) is -0.268. The van der Waals surface area contributed by atoms with Crippen molar-refractivity contribution in [1.29, 1.82) is 0 Å². The molecule has 0 aromatic heterocycles. The smallest absolute Gasteiger partial charge is 0.330 e. The van der Waals surface area contributed by atoms with Gasteiger partial charge in [-0.25, -0.2) is 4.79 Å². The lowest BCUT2D eigenvalue weighted by Crippen LogP contribution is -2.45. The van der Waals surface area contributed by atoms with Crippen LogP contribution >= 0.6 is 15.9 Å². The Kier molecular flexibility index (Phi) is 4.50. The van der Waals surface area contributed by atoms with E-state index >= 15 is 0 Å². The molecule has 3 nitrogen and oxygen atoms in total. The van der Waals surface area contributed by atoms with Gasteiger partial charge in [-0.3, -0.25) is 0 Å². The second kappa shape index (κ2) is 5.46. The van der Waals surface area contributed by atoms with E-state index in [9.17, 15) is 4.79 Å². The van der Waals surface area contributed by atoms with Gasteiger partial charge >= 0.3 is 5.97 Å². The number of nitrogens with one attached hydrogen (secondary N) is 1. The number of halogens is 1. The highest BCUT2D eigenvalue weighted by atomic mass is 79.9. The Morgan fingerprint density at radius 3 is 2.75 bits per heavy atom. The van der Waals surface area contributed by atoms with Gasteiger partial charge in [0.2, 0.25) is 0 Å².